The molecular formula is C31H50N6O11. The monoisotopic (exact) mass is 682 g/mol. The van der Waals surface area contributed by atoms with Crippen molar-refractivity contribution in [1.29, 1.82) is 0 Å². The Morgan fingerprint density at radius 1 is 1.21 bits per heavy atom. The summed E-state index contributed by atoms with van der Waals surface area (Å²) >= 11 is 0. The predicted molar refractivity (Wildman–Crippen MR) is 168 cm³/mol. The molecule has 0 bridgehead atoms. The van der Waals surface area contributed by atoms with Gasteiger partial charge in [0.05, 0.1) is 37.0 Å². The summed E-state index contributed by atoms with van der Waals surface area (Å²) in [4.78, 5) is 54.1. The standard InChI is InChI=1S/C31H50N6O11/c1-18-13-20(34-35(18)6)26(42)32-15-22(40)24(41)25-23(33-19(2)38)21(39)14-31(47-25,27(43)44)8-10-37-11-12-46-17-30(37)7-9-36(16-30)28(45)48-29(3,4)5/h13,21-25,39-41H,7-12,14-17H2,1-6H3,(H,32,42)(H,33,38)(H,43,44)/t21-,22+,23+,24+,25+,30-,31+/m0/s1. The van der Waals surface area contributed by atoms with Crippen LogP contribution in [0.2, 0.25) is 0 Å². The smallest absolute Gasteiger partial charge is 0.410 e. The summed E-state index contributed by atoms with van der Waals surface area (Å²) in [5.41, 5.74) is -2.46. The third-order valence-electron chi connectivity index (χ3n) is 9.29. The Bertz CT molecular complexity index is 1330. The Morgan fingerprint density at radius 2 is 1.92 bits per heavy atom. The molecule has 3 aliphatic heterocycles. The van der Waals surface area contributed by atoms with Crippen LogP contribution in [0.3, 0.4) is 0 Å². The third-order valence-corrected chi connectivity index (χ3v) is 9.29. The molecule has 1 spiro atoms. The third kappa shape index (κ3) is 8.44. The normalized spacial score (nSPS) is 29.4. The molecule has 7 atom stereocenters. The first-order valence-corrected chi connectivity index (χ1v) is 16.2. The van der Waals surface area contributed by atoms with Gasteiger partial charge in [0.2, 0.25) is 5.91 Å². The largest absolute Gasteiger partial charge is 0.479 e. The zero-order chi connectivity index (χ0) is 35.6. The van der Waals surface area contributed by atoms with Gasteiger partial charge in [0.25, 0.3) is 5.91 Å². The number of carbonyl (C=O) groups excluding carboxylic acids is 3. The van der Waals surface area contributed by atoms with Crippen molar-refractivity contribution in [3.05, 3.63) is 17.5 Å². The summed E-state index contributed by atoms with van der Waals surface area (Å²) in [5, 5.41) is 53.0. The molecule has 4 heterocycles. The average Bonchev–Trinajstić information content (AvgIpc) is 3.58. The number of carboxylic acids is 1. The van der Waals surface area contributed by atoms with E-state index in [2.05, 4.69) is 20.6 Å². The number of nitrogens with one attached hydrogen (secondary N) is 2. The van der Waals surface area contributed by atoms with Crippen molar-refractivity contribution in [2.75, 3.05) is 45.9 Å². The van der Waals surface area contributed by atoms with E-state index in [-0.39, 0.29) is 18.7 Å². The minimum Gasteiger partial charge on any atom is -0.479 e. The molecule has 3 fully saturated rings. The summed E-state index contributed by atoms with van der Waals surface area (Å²) in [5.74, 6) is -2.57. The molecule has 0 saturated carbocycles. The molecule has 3 saturated heterocycles. The van der Waals surface area contributed by atoms with Crippen LogP contribution in [-0.2, 0) is 30.8 Å². The number of nitrogens with zero attached hydrogens (tertiary/aromatic N) is 4. The van der Waals surface area contributed by atoms with E-state index in [1.54, 1.807) is 45.7 Å². The summed E-state index contributed by atoms with van der Waals surface area (Å²) in [7, 11) is 1.67. The predicted octanol–water partition coefficient (Wildman–Crippen LogP) is -1.24. The van der Waals surface area contributed by atoms with E-state index in [1.165, 1.54) is 11.6 Å². The van der Waals surface area contributed by atoms with Gasteiger partial charge in [-0.1, -0.05) is 0 Å². The zero-order valence-corrected chi connectivity index (χ0v) is 28.5. The average molecular weight is 683 g/mol. The number of aliphatic hydroxyl groups excluding tert-OH is 3. The summed E-state index contributed by atoms with van der Waals surface area (Å²) in [6.45, 7) is 9.94. The van der Waals surface area contributed by atoms with Crippen LogP contribution in [0.1, 0.15) is 63.1 Å². The number of aliphatic hydroxyl groups is 3. The Labute approximate surface area is 279 Å². The number of carbonyl (C=O) groups is 4. The number of aryl methyl sites for hydroxylation is 2. The van der Waals surface area contributed by atoms with Crippen molar-refractivity contribution >= 4 is 23.9 Å². The number of morpholine rings is 1. The number of rotatable bonds is 10. The highest BCUT2D eigenvalue weighted by atomic mass is 16.6. The van der Waals surface area contributed by atoms with Gasteiger partial charge in [-0.25, -0.2) is 9.59 Å². The molecule has 0 radical (unpaired) electrons. The lowest BCUT2D eigenvalue weighted by Gasteiger charge is -2.49. The van der Waals surface area contributed by atoms with Crippen LogP contribution in [0.25, 0.3) is 0 Å². The van der Waals surface area contributed by atoms with Crippen molar-refractivity contribution in [1.82, 2.24) is 30.2 Å². The van der Waals surface area contributed by atoms with Crippen LogP contribution in [-0.4, -0.2) is 157 Å². The van der Waals surface area contributed by atoms with Gasteiger partial charge in [-0.3, -0.25) is 19.2 Å². The molecule has 0 aromatic carbocycles. The summed E-state index contributed by atoms with van der Waals surface area (Å²) < 4.78 is 19.0. The topological polar surface area (TPSA) is 225 Å². The minimum atomic E-state index is -2.02. The molecule has 1 aromatic heterocycles. The van der Waals surface area contributed by atoms with Gasteiger partial charge in [0.15, 0.2) is 5.60 Å². The molecule has 270 valence electrons. The maximum Gasteiger partial charge on any atom is 0.410 e. The molecular weight excluding hydrogens is 632 g/mol. The molecule has 1 aromatic rings. The van der Waals surface area contributed by atoms with Gasteiger partial charge in [-0.2, -0.15) is 5.10 Å². The van der Waals surface area contributed by atoms with Crippen molar-refractivity contribution in [3.63, 3.8) is 0 Å². The van der Waals surface area contributed by atoms with Gasteiger partial charge in [-0.15, -0.1) is 0 Å². The van der Waals surface area contributed by atoms with E-state index < -0.39 is 84.0 Å². The van der Waals surface area contributed by atoms with Crippen LogP contribution in [0, 0.1) is 6.92 Å². The van der Waals surface area contributed by atoms with Gasteiger partial charge < -0.3 is 50.2 Å². The van der Waals surface area contributed by atoms with Crippen molar-refractivity contribution in [2.45, 2.75) is 101 Å². The van der Waals surface area contributed by atoms with Gasteiger partial charge in [-0.05, 0) is 40.2 Å². The number of aliphatic carboxylic acids is 1. The second-order valence-electron chi connectivity index (χ2n) is 14.1. The van der Waals surface area contributed by atoms with E-state index >= 15 is 0 Å². The van der Waals surface area contributed by atoms with Crippen molar-refractivity contribution in [3.8, 4) is 0 Å². The van der Waals surface area contributed by atoms with E-state index in [9.17, 15) is 39.6 Å². The molecule has 4 rings (SSSR count). The molecule has 17 heteroatoms. The number of likely N-dealkylation sites (tertiary alicyclic amines) is 1. The zero-order valence-electron chi connectivity index (χ0n) is 28.5. The molecule has 3 amide bonds. The molecule has 6 N–H and O–H groups in total. The minimum absolute atomic E-state index is 0.0967. The number of hydrogen-bond acceptors (Lipinski definition) is 12. The second-order valence-corrected chi connectivity index (χ2v) is 14.1. The number of hydrogen-bond donors (Lipinski definition) is 6. The van der Waals surface area contributed by atoms with Gasteiger partial charge >= 0.3 is 12.1 Å². The quantitative estimate of drug-likeness (QED) is 0.170. The van der Waals surface area contributed by atoms with Crippen LogP contribution in [0.4, 0.5) is 4.79 Å². The summed E-state index contributed by atoms with van der Waals surface area (Å²) in [6, 6.07) is 0.284. The molecule has 48 heavy (non-hydrogen) atoms. The highest BCUT2D eigenvalue weighted by Crippen LogP contribution is 2.38. The van der Waals surface area contributed by atoms with Gasteiger partial charge in [0.1, 0.15) is 23.5 Å². The maximum atomic E-state index is 12.9. The van der Waals surface area contributed by atoms with E-state index in [4.69, 9.17) is 14.2 Å². The van der Waals surface area contributed by atoms with Gasteiger partial charge in [0, 0.05) is 65.2 Å². The lowest BCUT2D eigenvalue weighted by Crippen LogP contribution is -2.68. The van der Waals surface area contributed by atoms with Crippen LogP contribution < -0.4 is 10.6 Å². The maximum absolute atomic E-state index is 12.9. The Hall–Kier alpha value is -3.35. The molecule has 17 nitrogen and oxygen atoms in total. The van der Waals surface area contributed by atoms with Crippen LogP contribution >= 0.6 is 0 Å². The fourth-order valence-electron chi connectivity index (χ4n) is 6.61. The van der Waals surface area contributed by atoms with Crippen LogP contribution in [0.5, 0.6) is 0 Å². The molecule has 0 unspecified atom stereocenters. The number of carboxylic acid groups (broad SMARTS) is 1. The fraction of sp³-hybridized carbons (Fsp3) is 0.774. The number of ether oxygens (including phenoxy) is 3. The lowest BCUT2D eigenvalue weighted by molar-refractivity contribution is -0.231. The fourth-order valence-corrected chi connectivity index (χ4v) is 6.61. The first-order chi connectivity index (χ1) is 22.4. The highest BCUT2D eigenvalue weighted by molar-refractivity contribution is 5.92. The van der Waals surface area contributed by atoms with E-state index in [0.717, 1.165) is 5.69 Å². The Morgan fingerprint density at radius 3 is 2.52 bits per heavy atom. The lowest BCUT2D eigenvalue weighted by atomic mass is 9.81. The van der Waals surface area contributed by atoms with Crippen molar-refractivity contribution in [2.24, 2.45) is 7.05 Å². The van der Waals surface area contributed by atoms with E-state index in [1.807, 2.05) is 0 Å². The Kier molecular flexibility index (Phi) is 11.4. The molecule has 3 aliphatic rings. The second kappa shape index (κ2) is 14.6. The Balaban J connectivity index is 1.50. The highest BCUT2D eigenvalue weighted by Gasteiger charge is 2.55. The van der Waals surface area contributed by atoms with Crippen molar-refractivity contribution < 1.29 is 53.8 Å². The van der Waals surface area contributed by atoms with Crippen LogP contribution in [0.15, 0.2) is 6.07 Å². The number of aromatic nitrogens is 2. The molecule has 0 aliphatic carbocycles. The first kappa shape index (κ1) is 37.5. The summed E-state index contributed by atoms with van der Waals surface area (Å²) in [6.07, 6.45) is -6.95. The SMILES string of the molecule is CC(=O)N[C@H]1[C@H]([C@H](O)[C@H](O)CNC(=O)c2cc(C)n(C)n2)O[C@@](CCN2CCOC[C@@]23CCN(C(=O)OC(C)(C)C)C3)(C(=O)O)C[C@@H]1O. The van der Waals surface area contributed by atoms with E-state index in [0.29, 0.717) is 39.3 Å². The first-order valence-electron chi connectivity index (χ1n) is 16.2. The number of amides is 3.